The maximum Gasteiger partial charge on any atom is 0.324 e. The molecule has 2 fully saturated rings. The molecule has 2 N–H and O–H groups in total. The zero-order valence-corrected chi connectivity index (χ0v) is 12.7. The van der Waals surface area contributed by atoms with Crippen molar-refractivity contribution in [1.82, 2.24) is 4.90 Å². The normalized spacial score (nSPS) is 24.9. The highest BCUT2D eigenvalue weighted by molar-refractivity contribution is 5.97. The van der Waals surface area contributed by atoms with E-state index in [-0.39, 0.29) is 17.7 Å². The van der Waals surface area contributed by atoms with Crippen LogP contribution in [0.1, 0.15) is 26.7 Å². The highest BCUT2D eigenvalue weighted by Gasteiger charge is 2.37. The Balaban J connectivity index is 1.66. The summed E-state index contributed by atoms with van der Waals surface area (Å²) in [6.07, 6.45) is 2.22. The molecule has 5 nitrogen and oxygen atoms in total. The molecule has 114 valence electrons. The molecule has 2 heterocycles. The van der Waals surface area contributed by atoms with Gasteiger partial charge in [0.25, 0.3) is 0 Å². The number of ether oxygens (including phenoxy) is 1. The second-order valence-electron chi connectivity index (χ2n) is 6.48. The summed E-state index contributed by atoms with van der Waals surface area (Å²) in [5, 5.41) is 0. The Labute approximate surface area is 125 Å². The highest BCUT2D eigenvalue weighted by Crippen LogP contribution is 2.31. The van der Waals surface area contributed by atoms with E-state index in [2.05, 4.69) is 13.8 Å². The number of benzene rings is 1. The van der Waals surface area contributed by atoms with Gasteiger partial charge in [0.05, 0.1) is 23.1 Å². The number of carbonyl (C=O) groups excluding carboxylic acids is 1. The summed E-state index contributed by atoms with van der Waals surface area (Å²) >= 11 is 0. The van der Waals surface area contributed by atoms with Crippen molar-refractivity contribution >= 4 is 17.4 Å². The molecule has 1 atom stereocenters. The van der Waals surface area contributed by atoms with E-state index < -0.39 is 0 Å². The first kappa shape index (κ1) is 14.2. The van der Waals surface area contributed by atoms with Crippen LogP contribution in [0.5, 0.6) is 0 Å². The third-order valence-corrected chi connectivity index (χ3v) is 4.30. The molecule has 0 spiro atoms. The number of amides is 2. The van der Waals surface area contributed by atoms with Gasteiger partial charge >= 0.3 is 6.03 Å². The van der Waals surface area contributed by atoms with Crippen LogP contribution >= 0.6 is 0 Å². The van der Waals surface area contributed by atoms with Crippen LogP contribution in [-0.2, 0) is 4.74 Å². The maximum absolute atomic E-state index is 12.5. The van der Waals surface area contributed by atoms with Crippen LogP contribution in [-0.4, -0.2) is 42.3 Å². The molecule has 21 heavy (non-hydrogen) atoms. The summed E-state index contributed by atoms with van der Waals surface area (Å²) in [6.45, 7) is 6.30. The predicted molar refractivity (Wildman–Crippen MR) is 83.4 cm³/mol. The SMILES string of the molecule is CC1(C)CCC(CN2CCN(c3ccccc3N)C2=O)O1. The smallest absolute Gasteiger partial charge is 0.324 e. The van der Waals surface area contributed by atoms with E-state index in [1.54, 1.807) is 4.90 Å². The van der Waals surface area contributed by atoms with Crippen molar-refractivity contribution in [3.8, 4) is 0 Å². The van der Waals surface area contributed by atoms with Crippen molar-refractivity contribution in [2.75, 3.05) is 30.3 Å². The summed E-state index contributed by atoms with van der Waals surface area (Å²) in [7, 11) is 0. The zero-order valence-electron chi connectivity index (χ0n) is 12.7. The van der Waals surface area contributed by atoms with Gasteiger partial charge in [-0.2, -0.15) is 0 Å². The quantitative estimate of drug-likeness (QED) is 0.870. The van der Waals surface area contributed by atoms with Gasteiger partial charge in [-0.1, -0.05) is 12.1 Å². The standard InChI is InChI=1S/C16H23N3O2/c1-16(2)8-7-12(21-16)11-18-9-10-19(15(18)20)14-6-4-3-5-13(14)17/h3-6,12H,7-11,17H2,1-2H3. The number of nitrogens with zero attached hydrogens (tertiary/aromatic N) is 2. The number of nitrogens with two attached hydrogens (primary N) is 1. The lowest BCUT2D eigenvalue weighted by molar-refractivity contribution is -0.0228. The third kappa shape index (κ3) is 2.83. The number of rotatable bonds is 3. The molecule has 0 aliphatic carbocycles. The average molecular weight is 289 g/mol. The number of anilines is 2. The van der Waals surface area contributed by atoms with Crippen molar-refractivity contribution in [2.45, 2.75) is 38.4 Å². The summed E-state index contributed by atoms with van der Waals surface area (Å²) < 4.78 is 5.99. The molecule has 1 aromatic carbocycles. The Bertz CT molecular complexity index is 544. The van der Waals surface area contributed by atoms with Gasteiger partial charge in [-0.15, -0.1) is 0 Å². The fourth-order valence-corrected chi connectivity index (χ4v) is 3.16. The van der Waals surface area contributed by atoms with Crippen molar-refractivity contribution in [2.24, 2.45) is 0 Å². The number of hydrogen-bond donors (Lipinski definition) is 1. The highest BCUT2D eigenvalue weighted by atomic mass is 16.5. The van der Waals surface area contributed by atoms with Crippen molar-refractivity contribution in [1.29, 1.82) is 0 Å². The first-order valence-corrected chi connectivity index (χ1v) is 7.55. The molecule has 2 aliphatic heterocycles. The summed E-state index contributed by atoms with van der Waals surface area (Å²) in [4.78, 5) is 16.2. The molecule has 2 saturated heterocycles. The number of hydrogen-bond acceptors (Lipinski definition) is 3. The lowest BCUT2D eigenvalue weighted by Gasteiger charge is -2.24. The summed E-state index contributed by atoms with van der Waals surface area (Å²) in [5.74, 6) is 0. The first-order valence-electron chi connectivity index (χ1n) is 7.55. The van der Waals surface area contributed by atoms with Gasteiger partial charge in [0.15, 0.2) is 0 Å². The second-order valence-corrected chi connectivity index (χ2v) is 6.48. The number of carbonyl (C=O) groups is 1. The van der Waals surface area contributed by atoms with E-state index in [1.165, 1.54) is 0 Å². The second kappa shape index (κ2) is 5.22. The van der Waals surface area contributed by atoms with Crippen LogP contribution in [0.4, 0.5) is 16.2 Å². The van der Waals surface area contributed by atoms with Crippen LogP contribution < -0.4 is 10.6 Å². The minimum atomic E-state index is -0.0585. The molecule has 0 saturated carbocycles. The van der Waals surface area contributed by atoms with E-state index in [1.807, 2.05) is 29.2 Å². The number of nitrogen functional groups attached to an aromatic ring is 1. The Morgan fingerprint density at radius 3 is 2.76 bits per heavy atom. The predicted octanol–water partition coefficient (Wildman–Crippen LogP) is 2.47. The molecule has 1 unspecified atom stereocenters. The van der Waals surface area contributed by atoms with Gasteiger partial charge in [0, 0.05) is 19.6 Å². The molecule has 3 rings (SSSR count). The first-order chi connectivity index (χ1) is 9.96. The maximum atomic E-state index is 12.5. The monoisotopic (exact) mass is 289 g/mol. The molecule has 0 bridgehead atoms. The molecule has 0 aromatic heterocycles. The van der Waals surface area contributed by atoms with Gasteiger partial charge in [0.1, 0.15) is 0 Å². The molecule has 1 aromatic rings. The summed E-state index contributed by atoms with van der Waals surface area (Å²) in [6, 6.07) is 7.54. The van der Waals surface area contributed by atoms with Crippen molar-refractivity contribution < 1.29 is 9.53 Å². The summed E-state index contributed by atoms with van der Waals surface area (Å²) in [5.41, 5.74) is 7.36. The van der Waals surface area contributed by atoms with Crippen LogP contribution in [0.2, 0.25) is 0 Å². The van der Waals surface area contributed by atoms with E-state index >= 15 is 0 Å². The van der Waals surface area contributed by atoms with Gasteiger partial charge in [-0.05, 0) is 38.8 Å². The molecular formula is C16H23N3O2. The van der Waals surface area contributed by atoms with Gasteiger partial charge in [0.2, 0.25) is 0 Å². The molecular weight excluding hydrogens is 266 g/mol. The third-order valence-electron chi connectivity index (χ3n) is 4.30. The average Bonchev–Trinajstić information content (AvgIpc) is 2.95. The number of urea groups is 1. The fraction of sp³-hybridized carbons (Fsp3) is 0.562. The van der Waals surface area contributed by atoms with Gasteiger partial charge in [-0.25, -0.2) is 4.79 Å². The Hall–Kier alpha value is -1.75. The van der Waals surface area contributed by atoms with Crippen molar-refractivity contribution in [3.05, 3.63) is 24.3 Å². The lowest BCUT2D eigenvalue weighted by Crippen LogP contribution is -2.37. The van der Waals surface area contributed by atoms with Gasteiger partial charge < -0.3 is 15.4 Å². The minimum Gasteiger partial charge on any atom is -0.397 e. The molecule has 5 heteroatoms. The lowest BCUT2D eigenvalue weighted by atomic mass is 10.1. The zero-order chi connectivity index (χ0) is 15.0. The van der Waals surface area contributed by atoms with Crippen LogP contribution in [0.25, 0.3) is 0 Å². The van der Waals surface area contributed by atoms with Crippen molar-refractivity contribution in [3.63, 3.8) is 0 Å². The van der Waals surface area contributed by atoms with E-state index in [0.717, 1.165) is 25.1 Å². The van der Waals surface area contributed by atoms with E-state index in [0.29, 0.717) is 18.8 Å². The topological polar surface area (TPSA) is 58.8 Å². The van der Waals surface area contributed by atoms with E-state index in [9.17, 15) is 4.79 Å². The molecule has 2 amide bonds. The van der Waals surface area contributed by atoms with Gasteiger partial charge in [-0.3, -0.25) is 4.90 Å². The van der Waals surface area contributed by atoms with Crippen LogP contribution in [0, 0.1) is 0 Å². The fourth-order valence-electron chi connectivity index (χ4n) is 3.16. The largest absolute Gasteiger partial charge is 0.397 e. The molecule has 0 radical (unpaired) electrons. The van der Waals surface area contributed by atoms with E-state index in [4.69, 9.17) is 10.5 Å². The Kier molecular flexibility index (Phi) is 3.53. The Morgan fingerprint density at radius 1 is 1.33 bits per heavy atom. The van der Waals surface area contributed by atoms with Crippen LogP contribution in [0.3, 0.4) is 0 Å². The minimum absolute atomic E-state index is 0.0289. The van der Waals surface area contributed by atoms with Crippen LogP contribution in [0.15, 0.2) is 24.3 Å². The molecule has 2 aliphatic rings. The Morgan fingerprint density at radius 2 is 2.10 bits per heavy atom. The number of para-hydroxylation sites is 2.